The van der Waals surface area contributed by atoms with E-state index >= 15 is 0 Å². The van der Waals surface area contributed by atoms with Gasteiger partial charge in [0.05, 0.1) is 19.3 Å². The number of hydrogen-bond acceptors (Lipinski definition) is 3. The Bertz CT molecular complexity index is 546. The molecule has 0 aliphatic carbocycles. The maximum atomic E-state index is 5.05. The highest BCUT2D eigenvalue weighted by molar-refractivity contribution is 5.23. The largest absolute Gasteiger partial charge is 0.383 e. The van der Waals surface area contributed by atoms with Crippen molar-refractivity contribution in [2.24, 2.45) is 0 Å². The molecule has 0 amide bonds. The summed E-state index contributed by atoms with van der Waals surface area (Å²) in [4.78, 5) is 0. The molecule has 0 saturated carbocycles. The number of benzene rings is 1. The number of methoxy groups -OCH3 is 1. The van der Waals surface area contributed by atoms with Crippen LogP contribution in [0.5, 0.6) is 0 Å². The lowest BCUT2D eigenvalue weighted by Gasteiger charge is -2.09. The highest BCUT2D eigenvalue weighted by Gasteiger charge is 2.09. The molecule has 114 valence electrons. The maximum absolute atomic E-state index is 5.05. The Hall–Kier alpha value is -1.65. The van der Waals surface area contributed by atoms with Gasteiger partial charge in [-0.15, -0.1) is 0 Å². The highest BCUT2D eigenvalue weighted by Crippen LogP contribution is 2.12. The fraction of sp³-hybridized carbons (Fsp3) is 0.471. The molecule has 1 heterocycles. The second-order valence-electron chi connectivity index (χ2n) is 5.28. The van der Waals surface area contributed by atoms with Crippen LogP contribution in [-0.2, 0) is 24.2 Å². The van der Waals surface area contributed by atoms with Crippen LogP contribution < -0.4 is 5.32 Å². The Morgan fingerprint density at radius 3 is 2.67 bits per heavy atom. The van der Waals surface area contributed by atoms with Crippen molar-refractivity contribution in [3.05, 3.63) is 52.8 Å². The Morgan fingerprint density at radius 2 is 2.00 bits per heavy atom. The summed E-state index contributed by atoms with van der Waals surface area (Å²) in [6.45, 7) is 7.57. The van der Waals surface area contributed by atoms with Gasteiger partial charge < -0.3 is 10.1 Å². The molecule has 21 heavy (non-hydrogen) atoms. The van der Waals surface area contributed by atoms with Crippen LogP contribution in [0.25, 0.3) is 0 Å². The molecule has 2 rings (SSSR count). The fourth-order valence-corrected chi connectivity index (χ4v) is 2.41. The Morgan fingerprint density at radius 1 is 1.24 bits per heavy atom. The molecule has 0 radical (unpaired) electrons. The molecule has 0 bridgehead atoms. The topological polar surface area (TPSA) is 39.1 Å². The van der Waals surface area contributed by atoms with Crippen LogP contribution in [0, 0.1) is 6.92 Å². The summed E-state index contributed by atoms with van der Waals surface area (Å²) in [5.74, 6) is 0. The van der Waals surface area contributed by atoms with Gasteiger partial charge in [0.15, 0.2) is 0 Å². The minimum absolute atomic E-state index is 0.735. The monoisotopic (exact) mass is 287 g/mol. The van der Waals surface area contributed by atoms with E-state index in [0.717, 1.165) is 32.7 Å². The van der Waals surface area contributed by atoms with E-state index in [9.17, 15) is 0 Å². The Balaban J connectivity index is 2.02. The normalized spacial score (nSPS) is 11.0. The van der Waals surface area contributed by atoms with Crippen molar-refractivity contribution < 1.29 is 4.74 Å². The van der Waals surface area contributed by atoms with Gasteiger partial charge in [-0.2, -0.15) is 5.10 Å². The zero-order valence-electron chi connectivity index (χ0n) is 13.2. The predicted octanol–water partition coefficient (Wildman–Crippen LogP) is 2.54. The van der Waals surface area contributed by atoms with E-state index in [1.54, 1.807) is 7.11 Å². The molecule has 4 heteroatoms. The Labute approximate surface area is 127 Å². The number of aromatic nitrogens is 2. The second-order valence-corrected chi connectivity index (χ2v) is 5.28. The first-order chi connectivity index (χ1) is 10.2. The van der Waals surface area contributed by atoms with E-state index < -0.39 is 0 Å². The lowest BCUT2D eigenvalue weighted by molar-refractivity contribution is 0.199. The molecule has 0 aliphatic rings. The molecule has 4 nitrogen and oxygen atoms in total. The molecule has 1 aromatic carbocycles. The second kappa shape index (κ2) is 7.96. The van der Waals surface area contributed by atoms with E-state index in [2.05, 4.69) is 53.2 Å². The van der Waals surface area contributed by atoms with Crippen molar-refractivity contribution in [2.75, 3.05) is 20.3 Å². The minimum atomic E-state index is 0.735. The van der Waals surface area contributed by atoms with Gasteiger partial charge in [0, 0.05) is 31.5 Å². The number of nitrogens with one attached hydrogen (secondary N) is 1. The molecule has 0 unspecified atom stereocenters. The standard InChI is InChI=1S/C17H25N3O/c1-4-17-16(11-18-9-10-21-3)12-19-20(17)13-15-7-5-14(2)6-8-15/h5-8,12,18H,4,9-11,13H2,1-3H3. The first-order valence-corrected chi connectivity index (χ1v) is 7.53. The molecule has 0 spiro atoms. The van der Waals surface area contributed by atoms with Crippen molar-refractivity contribution in [2.45, 2.75) is 33.4 Å². The smallest absolute Gasteiger partial charge is 0.0662 e. The molecule has 0 aliphatic heterocycles. The van der Waals surface area contributed by atoms with Crippen LogP contribution >= 0.6 is 0 Å². The van der Waals surface area contributed by atoms with Crippen molar-refractivity contribution >= 4 is 0 Å². The van der Waals surface area contributed by atoms with Gasteiger partial charge in [0.2, 0.25) is 0 Å². The molecule has 0 atom stereocenters. The summed E-state index contributed by atoms with van der Waals surface area (Å²) in [7, 11) is 1.72. The van der Waals surface area contributed by atoms with Crippen molar-refractivity contribution in [3.8, 4) is 0 Å². The van der Waals surface area contributed by atoms with Crippen LogP contribution in [0.4, 0.5) is 0 Å². The van der Waals surface area contributed by atoms with Gasteiger partial charge in [-0.3, -0.25) is 4.68 Å². The fourth-order valence-electron chi connectivity index (χ4n) is 2.41. The van der Waals surface area contributed by atoms with Gasteiger partial charge in [-0.05, 0) is 18.9 Å². The summed E-state index contributed by atoms with van der Waals surface area (Å²) >= 11 is 0. The van der Waals surface area contributed by atoms with Gasteiger partial charge in [-0.25, -0.2) is 0 Å². The van der Waals surface area contributed by atoms with Crippen LogP contribution in [0.2, 0.25) is 0 Å². The Kier molecular flexibility index (Phi) is 5.96. The zero-order chi connectivity index (χ0) is 15.1. The zero-order valence-corrected chi connectivity index (χ0v) is 13.2. The first-order valence-electron chi connectivity index (χ1n) is 7.53. The summed E-state index contributed by atoms with van der Waals surface area (Å²) in [6.07, 6.45) is 2.97. The number of aryl methyl sites for hydroxylation is 1. The number of ether oxygens (including phenoxy) is 1. The third-order valence-corrected chi connectivity index (χ3v) is 3.62. The molecule has 2 aromatic rings. The molecule has 0 saturated heterocycles. The molecular formula is C17H25N3O. The van der Waals surface area contributed by atoms with Gasteiger partial charge >= 0.3 is 0 Å². The van der Waals surface area contributed by atoms with Crippen LogP contribution in [0.15, 0.2) is 30.5 Å². The minimum Gasteiger partial charge on any atom is -0.383 e. The lowest BCUT2D eigenvalue weighted by atomic mass is 10.1. The summed E-state index contributed by atoms with van der Waals surface area (Å²) < 4.78 is 7.16. The summed E-state index contributed by atoms with van der Waals surface area (Å²) in [6, 6.07) is 8.65. The lowest BCUT2D eigenvalue weighted by Crippen LogP contribution is -2.19. The van der Waals surface area contributed by atoms with E-state index in [0.29, 0.717) is 0 Å². The van der Waals surface area contributed by atoms with Crippen molar-refractivity contribution in [1.82, 2.24) is 15.1 Å². The van der Waals surface area contributed by atoms with E-state index in [-0.39, 0.29) is 0 Å². The molecular weight excluding hydrogens is 262 g/mol. The molecule has 1 aromatic heterocycles. The van der Waals surface area contributed by atoms with E-state index in [1.807, 2.05) is 6.20 Å². The van der Waals surface area contributed by atoms with Crippen molar-refractivity contribution in [1.29, 1.82) is 0 Å². The third-order valence-electron chi connectivity index (χ3n) is 3.62. The number of nitrogens with zero attached hydrogens (tertiary/aromatic N) is 2. The predicted molar refractivity (Wildman–Crippen MR) is 85.5 cm³/mol. The van der Waals surface area contributed by atoms with Gasteiger partial charge in [0.25, 0.3) is 0 Å². The van der Waals surface area contributed by atoms with Crippen LogP contribution in [-0.4, -0.2) is 30.0 Å². The van der Waals surface area contributed by atoms with Crippen LogP contribution in [0.1, 0.15) is 29.3 Å². The van der Waals surface area contributed by atoms with Gasteiger partial charge in [-0.1, -0.05) is 36.8 Å². The third kappa shape index (κ3) is 4.41. The van der Waals surface area contributed by atoms with Gasteiger partial charge in [0.1, 0.15) is 0 Å². The van der Waals surface area contributed by atoms with E-state index in [4.69, 9.17) is 4.74 Å². The number of rotatable bonds is 8. The maximum Gasteiger partial charge on any atom is 0.0662 e. The summed E-state index contributed by atoms with van der Waals surface area (Å²) in [5, 5.41) is 7.93. The van der Waals surface area contributed by atoms with E-state index in [1.165, 1.54) is 22.4 Å². The average Bonchev–Trinajstić information content (AvgIpc) is 2.88. The molecule has 1 N–H and O–H groups in total. The SMILES string of the molecule is CCc1c(CNCCOC)cnn1Cc1ccc(C)cc1. The first kappa shape index (κ1) is 15.7. The molecule has 0 fully saturated rings. The summed E-state index contributed by atoms with van der Waals surface area (Å²) in [5.41, 5.74) is 5.16. The average molecular weight is 287 g/mol. The quantitative estimate of drug-likeness (QED) is 0.758. The highest BCUT2D eigenvalue weighted by atomic mass is 16.5. The van der Waals surface area contributed by atoms with Crippen molar-refractivity contribution in [3.63, 3.8) is 0 Å². The van der Waals surface area contributed by atoms with Crippen LogP contribution in [0.3, 0.4) is 0 Å². The number of hydrogen-bond donors (Lipinski definition) is 1.